The molecule has 2 aromatic carbocycles. The number of benzene rings is 2. The average molecular weight is 549 g/mol. The van der Waals surface area contributed by atoms with Gasteiger partial charge in [-0.05, 0) is 68.5 Å². The monoisotopic (exact) mass is 548 g/mol. The van der Waals surface area contributed by atoms with Gasteiger partial charge in [0.2, 0.25) is 11.8 Å². The van der Waals surface area contributed by atoms with Crippen LogP contribution in [0.2, 0.25) is 0 Å². The number of hydrogen-bond donors (Lipinski definition) is 2. The highest BCUT2D eigenvalue weighted by atomic mass is 16.2. The molecule has 8 nitrogen and oxygen atoms in total. The Labute approximate surface area is 241 Å². The lowest BCUT2D eigenvalue weighted by Crippen LogP contribution is -2.17. The summed E-state index contributed by atoms with van der Waals surface area (Å²) in [4.78, 5) is 25.0. The molecule has 1 aliphatic rings. The minimum Gasteiger partial charge on any atom is -0.309 e. The molecular weight excluding hydrogens is 512 g/mol. The summed E-state index contributed by atoms with van der Waals surface area (Å²) < 4.78 is 0. The molecule has 2 amide bonds. The van der Waals surface area contributed by atoms with E-state index in [1.807, 2.05) is 86.6 Å². The maximum atomic E-state index is 12.5. The molecule has 0 saturated heterocycles. The third kappa shape index (κ3) is 8.03. The zero-order valence-corrected chi connectivity index (χ0v) is 23.6. The number of carbonyl (C=O) groups is 2. The first-order valence-corrected chi connectivity index (χ1v) is 14.3. The minimum absolute atomic E-state index is 0.111. The van der Waals surface area contributed by atoms with E-state index in [-0.39, 0.29) is 23.7 Å². The van der Waals surface area contributed by atoms with Gasteiger partial charge in [0.15, 0.2) is 11.6 Å². The number of hydrogen-bond acceptors (Lipinski definition) is 6. The second-order valence-corrected chi connectivity index (χ2v) is 11.0. The van der Waals surface area contributed by atoms with E-state index < -0.39 is 0 Å². The number of nitrogens with one attached hydrogen (secondary N) is 2. The van der Waals surface area contributed by atoms with Crippen LogP contribution in [0.15, 0.2) is 72.8 Å². The standard InChI is InChI=1S/C33H36N6O2/c1-22-7-5-9-24(17-22)19-32(40)34-30-15-13-28(36-38-30)26-11-3-4-12-27(21-26)29-14-16-31(39-37-29)35-33(41)20-25-10-6-8-23(2)18-25/h5-10,13-18,26-27H,3-4,11-12,19-21H2,1-2H3,(H,34,38,40)(H,35,39,41). The van der Waals surface area contributed by atoms with Crippen molar-refractivity contribution in [2.75, 3.05) is 10.6 Å². The van der Waals surface area contributed by atoms with Gasteiger partial charge in [-0.3, -0.25) is 9.59 Å². The van der Waals surface area contributed by atoms with E-state index in [0.29, 0.717) is 24.5 Å². The molecule has 1 aliphatic carbocycles. The minimum atomic E-state index is -0.111. The van der Waals surface area contributed by atoms with Gasteiger partial charge in [-0.25, -0.2) is 0 Å². The van der Waals surface area contributed by atoms with Crippen LogP contribution in [0.1, 0.15) is 77.6 Å². The normalized spacial score (nSPS) is 16.9. The maximum absolute atomic E-state index is 12.5. The number of carbonyl (C=O) groups excluding carboxylic acids is 2. The van der Waals surface area contributed by atoms with Gasteiger partial charge in [0.05, 0.1) is 24.2 Å². The molecule has 210 valence electrons. The van der Waals surface area contributed by atoms with Crippen LogP contribution >= 0.6 is 0 Å². The Kier molecular flexibility index (Phi) is 9.08. The zero-order valence-electron chi connectivity index (χ0n) is 23.6. The highest BCUT2D eigenvalue weighted by molar-refractivity contribution is 5.91. The first-order valence-electron chi connectivity index (χ1n) is 14.3. The lowest BCUT2D eigenvalue weighted by atomic mass is 9.88. The Morgan fingerprint density at radius 3 is 1.51 bits per heavy atom. The fourth-order valence-corrected chi connectivity index (χ4v) is 5.54. The number of nitrogens with zero attached hydrogens (tertiary/aromatic N) is 4. The summed E-state index contributed by atoms with van der Waals surface area (Å²) in [7, 11) is 0. The van der Waals surface area contributed by atoms with Crippen molar-refractivity contribution in [3.05, 3.63) is 106 Å². The van der Waals surface area contributed by atoms with Gasteiger partial charge in [-0.1, -0.05) is 72.5 Å². The lowest BCUT2D eigenvalue weighted by molar-refractivity contribution is -0.116. The largest absolute Gasteiger partial charge is 0.309 e. The number of amides is 2. The quantitative estimate of drug-likeness (QED) is 0.258. The summed E-state index contributed by atoms with van der Waals surface area (Å²) in [6.07, 6.45) is 5.78. The Balaban J connectivity index is 1.16. The summed E-state index contributed by atoms with van der Waals surface area (Å²) in [5.74, 6) is 1.20. The molecule has 0 spiro atoms. The van der Waals surface area contributed by atoms with Crippen molar-refractivity contribution < 1.29 is 9.59 Å². The molecule has 2 unspecified atom stereocenters. The average Bonchev–Trinajstić information content (AvgIpc) is 3.20. The molecule has 0 radical (unpaired) electrons. The molecule has 8 heteroatoms. The molecule has 1 saturated carbocycles. The fourth-order valence-electron chi connectivity index (χ4n) is 5.54. The van der Waals surface area contributed by atoms with E-state index in [9.17, 15) is 9.59 Å². The van der Waals surface area contributed by atoms with Crippen molar-refractivity contribution in [1.82, 2.24) is 20.4 Å². The van der Waals surface area contributed by atoms with Gasteiger partial charge < -0.3 is 10.6 Å². The van der Waals surface area contributed by atoms with Crippen LogP contribution < -0.4 is 10.6 Å². The van der Waals surface area contributed by atoms with Crippen LogP contribution in [0, 0.1) is 13.8 Å². The molecule has 2 atom stereocenters. The first kappa shape index (κ1) is 28.1. The third-order valence-corrected chi connectivity index (χ3v) is 7.56. The van der Waals surface area contributed by atoms with Gasteiger partial charge >= 0.3 is 0 Å². The topological polar surface area (TPSA) is 110 Å². The van der Waals surface area contributed by atoms with Crippen LogP contribution in [0.25, 0.3) is 0 Å². The SMILES string of the molecule is Cc1cccc(CC(=O)Nc2ccc(C3CCCCC(c4ccc(NC(=O)Cc5cccc(C)c5)nn4)C3)nn2)c1. The molecule has 2 aromatic heterocycles. The molecule has 4 aromatic rings. The smallest absolute Gasteiger partial charge is 0.229 e. The van der Waals surface area contributed by atoms with Crippen LogP contribution in [-0.4, -0.2) is 32.2 Å². The molecular formula is C33H36N6O2. The Bertz CT molecular complexity index is 1370. The van der Waals surface area contributed by atoms with E-state index in [4.69, 9.17) is 0 Å². The van der Waals surface area contributed by atoms with Crippen molar-refractivity contribution in [2.24, 2.45) is 0 Å². The van der Waals surface area contributed by atoms with Crippen molar-refractivity contribution in [3.63, 3.8) is 0 Å². The predicted molar refractivity (Wildman–Crippen MR) is 160 cm³/mol. The summed E-state index contributed by atoms with van der Waals surface area (Å²) in [5.41, 5.74) is 6.06. The summed E-state index contributed by atoms with van der Waals surface area (Å²) in [6, 6.07) is 23.5. The van der Waals surface area contributed by atoms with Crippen molar-refractivity contribution in [2.45, 2.75) is 70.6 Å². The van der Waals surface area contributed by atoms with E-state index in [0.717, 1.165) is 65.7 Å². The van der Waals surface area contributed by atoms with Gasteiger partial charge in [0.25, 0.3) is 0 Å². The second kappa shape index (κ2) is 13.3. The fraction of sp³-hybridized carbons (Fsp3) is 0.333. The predicted octanol–water partition coefficient (Wildman–Crippen LogP) is 6.08. The summed E-state index contributed by atoms with van der Waals surface area (Å²) in [6.45, 7) is 4.03. The molecule has 2 heterocycles. The second-order valence-electron chi connectivity index (χ2n) is 11.0. The lowest BCUT2D eigenvalue weighted by Gasteiger charge is -2.19. The highest BCUT2D eigenvalue weighted by Gasteiger charge is 2.25. The number of aryl methyl sites for hydroxylation is 2. The molecule has 0 aliphatic heterocycles. The van der Waals surface area contributed by atoms with E-state index in [2.05, 4.69) is 31.0 Å². The highest BCUT2D eigenvalue weighted by Crippen LogP contribution is 2.38. The van der Waals surface area contributed by atoms with E-state index in [1.165, 1.54) is 0 Å². The van der Waals surface area contributed by atoms with Gasteiger partial charge in [0, 0.05) is 11.8 Å². The Hall–Kier alpha value is -4.46. The number of aromatic nitrogens is 4. The summed E-state index contributed by atoms with van der Waals surface area (Å²) >= 11 is 0. The van der Waals surface area contributed by atoms with Crippen LogP contribution in [0.3, 0.4) is 0 Å². The third-order valence-electron chi connectivity index (χ3n) is 7.56. The van der Waals surface area contributed by atoms with Crippen molar-refractivity contribution in [1.29, 1.82) is 0 Å². The van der Waals surface area contributed by atoms with Gasteiger partial charge in [0.1, 0.15) is 0 Å². The zero-order chi connectivity index (χ0) is 28.6. The van der Waals surface area contributed by atoms with Crippen LogP contribution in [0.4, 0.5) is 11.6 Å². The van der Waals surface area contributed by atoms with Gasteiger partial charge in [-0.2, -0.15) is 10.2 Å². The van der Waals surface area contributed by atoms with Crippen molar-refractivity contribution >= 4 is 23.5 Å². The molecule has 1 fully saturated rings. The summed E-state index contributed by atoms with van der Waals surface area (Å²) in [5, 5.41) is 23.3. The van der Waals surface area contributed by atoms with Gasteiger partial charge in [-0.15, -0.1) is 10.2 Å². The molecule has 2 N–H and O–H groups in total. The maximum Gasteiger partial charge on any atom is 0.229 e. The first-order chi connectivity index (χ1) is 19.9. The number of rotatable bonds is 8. The molecule has 41 heavy (non-hydrogen) atoms. The number of anilines is 2. The Morgan fingerprint density at radius 1 is 0.659 bits per heavy atom. The van der Waals surface area contributed by atoms with E-state index >= 15 is 0 Å². The molecule has 0 bridgehead atoms. The van der Waals surface area contributed by atoms with E-state index in [1.54, 1.807) is 0 Å². The van der Waals surface area contributed by atoms with Crippen molar-refractivity contribution in [3.8, 4) is 0 Å². The van der Waals surface area contributed by atoms with Crippen LogP contribution in [-0.2, 0) is 22.4 Å². The Morgan fingerprint density at radius 2 is 1.12 bits per heavy atom. The molecule has 5 rings (SSSR count). The van der Waals surface area contributed by atoms with Crippen LogP contribution in [0.5, 0.6) is 0 Å².